The lowest BCUT2D eigenvalue weighted by atomic mass is 9.76. The lowest BCUT2D eigenvalue weighted by Crippen LogP contribution is -2.37. The Bertz CT molecular complexity index is 1750. The van der Waals surface area contributed by atoms with Crippen LogP contribution < -0.4 is 14.4 Å². The van der Waals surface area contributed by atoms with Gasteiger partial charge >= 0.3 is 0 Å². The van der Waals surface area contributed by atoms with Crippen LogP contribution in [0.3, 0.4) is 0 Å². The fraction of sp³-hybridized carbons (Fsp3) is 0.225. The molecule has 2 atom stereocenters. The molecule has 0 amide bonds. The third-order valence-corrected chi connectivity index (χ3v) is 9.92. The number of nitrogens with zero attached hydrogens (tertiary/aromatic N) is 2. The number of halogens is 1. The second kappa shape index (κ2) is 13.1. The minimum atomic E-state index is 0.354. The van der Waals surface area contributed by atoms with E-state index in [4.69, 9.17) is 14.5 Å². The van der Waals surface area contributed by atoms with Gasteiger partial charge in [-0.05, 0) is 100 Å². The van der Waals surface area contributed by atoms with Crippen LogP contribution in [0, 0.1) is 10.5 Å². The summed E-state index contributed by atoms with van der Waals surface area (Å²) in [5.41, 5.74) is 11.3. The Morgan fingerprint density at radius 1 is 0.800 bits per heavy atom. The van der Waals surface area contributed by atoms with Gasteiger partial charge in [0, 0.05) is 36.8 Å². The van der Waals surface area contributed by atoms with Crippen molar-refractivity contribution in [1.29, 1.82) is 0 Å². The van der Waals surface area contributed by atoms with Crippen LogP contribution in [0.1, 0.15) is 63.6 Å². The van der Waals surface area contributed by atoms with Gasteiger partial charge < -0.3 is 14.4 Å². The van der Waals surface area contributed by atoms with Crippen LogP contribution in [0.5, 0.6) is 11.5 Å². The van der Waals surface area contributed by atoms with Crippen molar-refractivity contribution in [3.05, 3.63) is 152 Å². The van der Waals surface area contributed by atoms with E-state index in [0.29, 0.717) is 24.2 Å². The predicted molar refractivity (Wildman–Crippen MR) is 193 cm³/mol. The molecule has 0 fully saturated rings. The molecule has 4 nitrogen and oxygen atoms in total. The molecule has 226 valence electrons. The lowest BCUT2D eigenvalue weighted by Gasteiger charge is -2.43. The number of ether oxygens (including phenoxy) is 2. The molecule has 0 aliphatic carbocycles. The van der Waals surface area contributed by atoms with E-state index in [9.17, 15) is 0 Å². The molecule has 2 aliphatic heterocycles. The van der Waals surface area contributed by atoms with E-state index in [-0.39, 0.29) is 0 Å². The van der Waals surface area contributed by atoms with Gasteiger partial charge in [0.25, 0.3) is 0 Å². The summed E-state index contributed by atoms with van der Waals surface area (Å²) in [6.45, 7) is 4.75. The molecule has 7 rings (SSSR count). The molecule has 5 aromatic carbocycles. The summed E-state index contributed by atoms with van der Waals surface area (Å²) >= 11 is 2.33. The summed E-state index contributed by atoms with van der Waals surface area (Å²) in [4.78, 5) is 7.71. The first kappa shape index (κ1) is 29.6. The summed E-state index contributed by atoms with van der Waals surface area (Å²) in [5, 5.41) is 0. The second-order valence-electron chi connectivity index (χ2n) is 12.0. The van der Waals surface area contributed by atoms with Gasteiger partial charge in [0.2, 0.25) is 0 Å². The van der Waals surface area contributed by atoms with E-state index >= 15 is 0 Å². The topological polar surface area (TPSA) is 34.1 Å². The van der Waals surface area contributed by atoms with Gasteiger partial charge in [0.05, 0.1) is 16.4 Å². The van der Waals surface area contributed by atoms with Crippen LogP contribution in [0.25, 0.3) is 0 Å². The van der Waals surface area contributed by atoms with E-state index in [1.165, 1.54) is 33.5 Å². The molecule has 0 radical (unpaired) electrons. The van der Waals surface area contributed by atoms with Gasteiger partial charge in [-0.2, -0.15) is 0 Å². The van der Waals surface area contributed by atoms with Crippen molar-refractivity contribution >= 4 is 40.2 Å². The molecule has 45 heavy (non-hydrogen) atoms. The molecule has 2 aliphatic rings. The fourth-order valence-electron chi connectivity index (χ4n) is 6.86. The van der Waals surface area contributed by atoms with Gasteiger partial charge in [-0.3, -0.25) is 4.99 Å². The van der Waals surface area contributed by atoms with Gasteiger partial charge in [0.15, 0.2) is 11.5 Å². The number of aliphatic imine (C=N–C) groups is 1. The van der Waals surface area contributed by atoms with Crippen molar-refractivity contribution in [3.8, 4) is 11.5 Å². The normalized spacial score (nSPS) is 17.3. The lowest BCUT2D eigenvalue weighted by molar-refractivity contribution is 0.282. The molecule has 0 aromatic heterocycles. The first-order valence-electron chi connectivity index (χ1n) is 15.7. The van der Waals surface area contributed by atoms with E-state index < -0.39 is 0 Å². The van der Waals surface area contributed by atoms with E-state index in [0.717, 1.165) is 52.1 Å². The van der Waals surface area contributed by atoms with Gasteiger partial charge in [0.1, 0.15) is 6.61 Å². The average Bonchev–Trinajstić information content (AvgIpc) is 3.08. The Balaban J connectivity index is 1.25. The first-order valence-corrected chi connectivity index (χ1v) is 16.8. The van der Waals surface area contributed by atoms with Crippen LogP contribution >= 0.6 is 22.6 Å². The number of anilines is 1. The zero-order valence-corrected chi connectivity index (χ0v) is 27.9. The molecular weight excluding hydrogens is 667 g/mol. The van der Waals surface area contributed by atoms with E-state index in [1.54, 1.807) is 7.11 Å². The highest BCUT2D eigenvalue weighted by molar-refractivity contribution is 14.1. The molecular formula is C40H37IN2O2. The maximum absolute atomic E-state index is 6.24. The van der Waals surface area contributed by atoms with Crippen molar-refractivity contribution in [1.82, 2.24) is 0 Å². The third kappa shape index (κ3) is 6.23. The highest BCUT2D eigenvalue weighted by Gasteiger charge is 2.35. The molecule has 0 spiro atoms. The molecule has 0 saturated carbocycles. The number of aryl methyl sites for hydroxylation is 1. The van der Waals surface area contributed by atoms with Crippen molar-refractivity contribution in [2.45, 2.75) is 38.2 Å². The highest BCUT2D eigenvalue weighted by atomic mass is 127. The molecule has 2 heterocycles. The summed E-state index contributed by atoms with van der Waals surface area (Å²) < 4.78 is 13.0. The first-order chi connectivity index (χ1) is 22.1. The Morgan fingerprint density at radius 2 is 1.40 bits per heavy atom. The number of methoxy groups -OCH3 is 1. The largest absolute Gasteiger partial charge is 0.493 e. The summed E-state index contributed by atoms with van der Waals surface area (Å²) in [6, 6.07) is 39.1. The smallest absolute Gasteiger partial charge is 0.174 e. The van der Waals surface area contributed by atoms with Gasteiger partial charge in [-0.1, -0.05) is 90.5 Å². The maximum Gasteiger partial charge on any atom is 0.174 e. The Hall–Kier alpha value is -4.10. The Labute approximate surface area is 279 Å². The molecule has 5 aromatic rings. The number of benzene rings is 5. The summed E-state index contributed by atoms with van der Waals surface area (Å²) in [7, 11) is 1.69. The number of hydrogen-bond acceptors (Lipinski definition) is 4. The van der Waals surface area contributed by atoms with E-state index in [1.807, 2.05) is 12.3 Å². The SMILES string of the molecule is COc1cc(C=Nc2cc3c4c(c2)[C@H](c2ccccc2)CCN4CC[C@@H]3c2ccccc2)cc(I)c1OCc1ccc(C)cc1. The fourth-order valence-corrected chi connectivity index (χ4v) is 7.64. The second-order valence-corrected chi connectivity index (χ2v) is 13.2. The number of rotatable bonds is 8. The zero-order chi connectivity index (χ0) is 30.8. The monoisotopic (exact) mass is 704 g/mol. The molecule has 0 bridgehead atoms. The average molecular weight is 705 g/mol. The van der Waals surface area contributed by atoms with Crippen LogP contribution in [0.15, 0.2) is 114 Å². The maximum atomic E-state index is 6.24. The van der Waals surface area contributed by atoms with Crippen molar-refractivity contribution in [2.24, 2.45) is 4.99 Å². The molecule has 5 heteroatoms. The van der Waals surface area contributed by atoms with Crippen molar-refractivity contribution in [2.75, 3.05) is 25.1 Å². The van der Waals surface area contributed by atoms with Crippen molar-refractivity contribution < 1.29 is 9.47 Å². The minimum Gasteiger partial charge on any atom is -0.493 e. The summed E-state index contributed by atoms with van der Waals surface area (Å²) in [6.07, 6.45) is 4.18. The van der Waals surface area contributed by atoms with Gasteiger partial charge in [-0.25, -0.2) is 0 Å². The Morgan fingerprint density at radius 3 is 1.98 bits per heavy atom. The predicted octanol–water partition coefficient (Wildman–Crippen LogP) is 9.82. The van der Waals surface area contributed by atoms with Crippen LogP contribution in [0.4, 0.5) is 11.4 Å². The number of hydrogen-bond donors (Lipinski definition) is 0. The molecule has 0 unspecified atom stereocenters. The standard InChI is InChI=1S/C40H37IN2O2/c1-27-13-15-28(16-14-27)26-45-40-37(41)21-29(22-38(40)44-2)25-42-32-23-35-33(30-9-5-3-6-10-30)17-19-43-20-18-34(36(24-32)39(35)43)31-11-7-4-8-12-31/h3-16,21-25,33-34H,17-20,26H2,1-2H3/t33-,34+. The van der Waals surface area contributed by atoms with Crippen molar-refractivity contribution in [3.63, 3.8) is 0 Å². The zero-order valence-electron chi connectivity index (χ0n) is 25.7. The third-order valence-electron chi connectivity index (χ3n) is 9.12. The minimum absolute atomic E-state index is 0.354. The molecule has 0 N–H and O–H groups in total. The quantitative estimate of drug-likeness (QED) is 0.119. The Kier molecular flexibility index (Phi) is 8.61. The van der Waals surface area contributed by atoms with Crippen LogP contribution in [-0.4, -0.2) is 26.4 Å². The van der Waals surface area contributed by atoms with Crippen LogP contribution in [-0.2, 0) is 6.61 Å². The molecule has 0 saturated heterocycles. The summed E-state index contributed by atoms with van der Waals surface area (Å²) in [5.74, 6) is 2.17. The van der Waals surface area contributed by atoms with E-state index in [2.05, 4.69) is 138 Å². The van der Waals surface area contributed by atoms with Gasteiger partial charge in [-0.15, -0.1) is 0 Å². The van der Waals surface area contributed by atoms with Crippen LogP contribution in [0.2, 0.25) is 0 Å². The highest BCUT2D eigenvalue weighted by Crippen LogP contribution is 2.50.